The number of aromatic hydroxyl groups is 1. The van der Waals surface area contributed by atoms with Crippen molar-refractivity contribution in [2.75, 3.05) is 31.1 Å². The first-order valence-electron chi connectivity index (χ1n) is 5.68. The van der Waals surface area contributed by atoms with Gasteiger partial charge >= 0.3 is 0 Å². The summed E-state index contributed by atoms with van der Waals surface area (Å²) < 4.78 is 0. The van der Waals surface area contributed by atoms with Crippen LogP contribution in [-0.2, 0) is 0 Å². The molecule has 0 aromatic heterocycles. The lowest BCUT2D eigenvalue weighted by Gasteiger charge is -2.30. The number of nitrogens with one attached hydrogen (secondary N) is 1. The lowest BCUT2D eigenvalue weighted by molar-refractivity contribution is 0.474. The smallest absolute Gasteiger partial charge is 0.118 e. The molecule has 1 saturated heterocycles. The average Bonchev–Trinajstić information content (AvgIpc) is 2.38. The number of hydrogen-bond acceptors (Lipinski definition) is 4. The molecular weight excluding hydrogens is 214 g/mol. The Bertz CT molecular complexity index is 437. The molecule has 0 spiro atoms. The fourth-order valence-corrected chi connectivity index (χ4v) is 2.10. The van der Waals surface area contributed by atoms with E-state index in [4.69, 9.17) is 0 Å². The van der Waals surface area contributed by atoms with Gasteiger partial charge in [0, 0.05) is 37.8 Å². The van der Waals surface area contributed by atoms with E-state index in [1.165, 1.54) is 0 Å². The highest BCUT2D eigenvalue weighted by Crippen LogP contribution is 2.36. The molecule has 0 unspecified atom stereocenters. The second kappa shape index (κ2) is 5.01. The molecule has 1 fully saturated rings. The molecule has 4 heteroatoms. The Morgan fingerprint density at radius 1 is 1.35 bits per heavy atom. The Morgan fingerprint density at radius 3 is 2.65 bits per heavy atom. The maximum absolute atomic E-state index is 9.72. The highest BCUT2D eigenvalue weighted by Gasteiger charge is 2.16. The molecule has 1 aliphatic heterocycles. The van der Waals surface area contributed by atoms with E-state index in [2.05, 4.69) is 28.5 Å². The van der Waals surface area contributed by atoms with Crippen molar-refractivity contribution in [2.24, 2.45) is 4.99 Å². The van der Waals surface area contributed by atoms with Crippen molar-refractivity contribution in [3.63, 3.8) is 0 Å². The number of piperazine rings is 1. The minimum atomic E-state index is 0.237. The van der Waals surface area contributed by atoms with Crippen LogP contribution in [0.4, 0.5) is 11.4 Å². The lowest BCUT2D eigenvalue weighted by Crippen LogP contribution is -2.43. The zero-order chi connectivity index (χ0) is 12.3. The van der Waals surface area contributed by atoms with Gasteiger partial charge in [0.15, 0.2) is 0 Å². The van der Waals surface area contributed by atoms with Crippen molar-refractivity contribution in [3.8, 4) is 5.75 Å². The molecule has 90 valence electrons. The molecule has 4 nitrogen and oxygen atoms in total. The van der Waals surface area contributed by atoms with Crippen molar-refractivity contribution in [3.05, 3.63) is 24.3 Å². The van der Waals surface area contributed by atoms with Crippen LogP contribution < -0.4 is 10.2 Å². The Labute approximate surface area is 101 Å². The van der Waals surface area contributed by atoms with Crippen LogP contribution >= 0.6 is 0 Å². The van der Waals surface area contributed by atoms with Gasteiger partial charge in [-0.05, 0) is 12.8 Å². The van der Waals surface area contributed by atoms with Gasteiger partial charge in [0.1, 0.15) is 5.75 Å². The number of phenolic OH excluding ortho intramolecular Hbond substituents is 1. The minimum Gasteiger partial charge on any atom is -0.508 e. The molecule has 0 aliphatic carbocycles. The molecule has 1 aromatic rings. The summed E-state index contributed by atoms with van der Waals surface area (Å²) in [5.74, 6) is 0.237. The first-order valence-corrected chi connectivity index (χ1v) is 5.68. The van der Waals surface area contributed by atoms with Crippen LogP contribution in [0.1, 0.15) is 5.56 Å². The van der Waals surface area contributed by atoms with Gasteiger partial charge in [-0.15, -0.1) is 0 Å². The summed E-state index contributed by atoms with van der Waals surface area (Å²) in [5.41, 5.74) is 2.53. The minimum absolute atomic E-state index is 0.237. The van der Waals surface area contributed by atoms with Crippen molar-refractivity contribution >= 4 is 24.2 Å². The second-order valence-corrected chi connectivity index (χ2v) is 4.00. The molecule has 1 heterocycles. The van der Waals surface area contributed by atoms with Crippen LogP contribution in [0.25, 0.3) is 6.08 Å². The van der Waals surface area contributed by atoms with Crippen molar-refractivity contribution in [1.82, 2.24) is 5.32 Å². The summed E-state index contributed by atoms with van der Waals surface area (Å²) in [7, 11) is 0. The molecule has 0 radical (unpaired) electrons. The predicted octanol–water partition coefficient (Wildman–Crippen LogP) is 1.78. The van der Waals surface area contributed by atoms with Gasteiger partial charge in [-0.25, -0.2) is 0 Å². The van der Waals surface area contributed by atoms with E-state index in [9.17, 15) is 5.11 Å². The molecule has 0 amide bonds. The quantitative estimate of drug-likeness (QED) is 0.779. The third-order valence-electron chi connectivity index (χ3n) is 2.94. The van der Waals surface area contributed by atoms with Crippen LogP contribution in [-0.4, -0.2) is 38.0 Å². The first-order chi connectivity index (χ1) is 8.26. The zero-order valence-electron chi connectivity index (χ0n) is 9.82. The third kappa shape index (κ3) is 2.31. The molecule has 0 atom stereocenters. The number of aliphatic imine (C=N–C) groups is 1. The summed E-state index contributed by atoms with van der Waals surface area (Å²) in [4.78, 5) is 6.26. The maximum Gasteiger partial charge on any atom is 0.118 e. The van der Waals surface area contributed by atoms with Crippen LogP contribution in [0.15, 0.2) is 23.7 Å². The van der Waals surface area contributed by atoms with Gasteiger partial charge in [0.25, 0.3) is 0 Å². The molecule has 2 rings (SSSR count). The van der Waals surface area contributed by atoms with Crippen molar-refractivity contribution in [2.45, 2.75) is 0 Å². The summed E-state index contributed by atoms with van der Waals surface area (Å²) >= 11 is 0. The number of nitrogens with zero attached hydrogens (tertiary/aromatic N) is 2. The van der Waals surface area contributed by atoms with E-state index in [0.29, 0.717) is 0 Å². The van der Waals surface area contributed by atoms with E-state index in [0.717, 1.165) is 43.1 Å². The summed E-state index contributed by atoms with van der Waals surface area (Å²) in [5, 5.41) is 13.0. The fourth-order valence-electron chi connectivity index (χ4n) is 2.10. The third-order valence-corrected chi connectivity index (χ3v) is 2.94. The molecule has 0 saturated carbocycles. The average molecular weight is 231 g/mol. The second-order valence-electron chi connectivity index (χ2n) is 4.00. The number of phenols is 1. The van der Waals surface area contributed by atoms with E-state index >= 15 is 0 Å². The topological polar surface area (TPSA) is 47.9 Å². The van der Waals surface area contributed by atoms with Gasteiger partial charge in [0.2, 0.25) is 0 Å². The molecule has 0 bridgehead atoms. The van der Waals surface area contributed by atoms with Crippen molar-refractivity contribution in [1.29, 1.82) is 0 Å². The standard InChI is InChI=1S/C13H17N3O/c1-3-10-8-11(17)9-12(13(10)14-2)16-6-4-15-5-7-16/h3,8-9,15,17H,1-2,4-7H2. The van der Waals surface area contributed by atoms with Gasteiger partial charge in [-0.1, -0.05) is 12.7 Å². The molecule has 17 heavy (non-hydrogen) atoms. The van der Waals surface area contributed by atoms with E-state index in [-0.39, 0.29) is 5.75 Å². The molecular formula is C13H17N3O. The van der Waals surface area contributed by atoms with Crippen LogP contribution in [0.2, 0.25) is 0 Å². The zero-order valence-corrected chi connectivity index (χ0v) is 9.82. The van der Waals surface area contributed by atoms with E-state index < -0.39 is 0 Å². The SMILES string of the molecule is C=Cc1cc(O)cc(N2CCNCC2)c1N=C. The number of benzene rings is 1. The highest BCUT2D eigenvalue weighted by atomic mass is 16.3. The van der Waals surface area contributed by atoms with Crippen LogP contribution in [0.5, 0.6) is 5.75 Å². The van der Waals surface area contributed by atoms with Gasteiger partial charge < -0.3 is 15.3 Å². The summed E-state index contributed by atoms with van der Waals surface area (Å²) in [6, 6.07) is 3.39. The van der Waals surface area contributed by atoms with Gasteiger partial charge in [-0.3, -0.25) is 4.99 Å². The Morgan fingerprint density at radius 2 is 2.06 bits per heavy atom. The number of hydrogen-bond donors (Lipinski definition) is 2. The van der Waals surface area contributed by atoms with Crippen molar-refractivity contribution < 1.29 is 5.11 Å². The predicted molar refractivity (Wildman–Crippen MR) is 72.5 cm³/mol. The Balaban J connectivity index is 2.46. The summed E-state index contributed by atoms with van der Waals surface area (Å²) in [6.07, 6.45) is 1.69. The lowest BCUT2D eigenvalue weighted by atomic mass is 10.1. The largest absolute Gasteiger partial charge is 0.508 e. The summed E-state index contributed by atoms with van der Waals surface area (Å²) in [6.45, 7) is 11.0. The van der Waals surface area contributed by atoms with Gasteiger partial charge in [0.05, 0.1) is 11.4 Å². The number of rotatable bonds is 3. The van der Waals surface area contributed by atoms with Gasteiger partial charge in [-0.2, -0.15) is 0 Å². The normalized spacial score (nSPS) is 15.6. The van der Waals surface area contributed by atoms with E-state index in [1.807, 2.05) is 0 Å². The maximum atomic E-state index is 9.72. The monoisotopic (exact) mass is 231 g/mol. The highest BCUT2D eigenvalue weighted by molar-refractivity contribution is 5.80. The fraction of sp³-hybridized carbons (Fsp3) is 0.308. The Kier molecular flexibility index (Phi) is 3.44. The molecule has 1 aliphatic rings. The van der Waals surface area contributed by atoms with Crippen LogP contribution in [0, 0.1) is 0 Å². The molecule has 1 aromatic carbocycles. The first kappa shape index (κ1) is 11.7. The molecule has 2 N–H and O–H groups in total. The van der Waals surface area contributed by atoms with Crippen LogP contribution in [0.3, 0.4) is 0 Å². The Hall–Kier alpha value is -1.81. The van der Waals surface area contributed by atoms with E-state index in [1.54, 1.807) is 18.2 Å². The number of anilines is 1.